The number of hydrogen-bond acceptors (Lipinski definition) is 1. The first-order valence-electron chi connectivity index (χ1n) is 6.18. The summed E-state index contributed by atoms with van der Waals surface area (Å²) < 4.78 is 13.6. The van der Waals surface area contributed by atoms with E-state index in [4.69, 9.17) is 0 Å². The average molecular weight is 362 g/mol. The van der Waals surface area contributed by atoms with Gasteiger partial charge in [-0.15, -0.1) is 0 Å². The smallest absolute Gasteiger partial charge is 0.319 e. The van der Waals surface area contributed by atoms with Crippen molar-refractivity contribution in [1.29, 1.82) is 0 Å². The topological polar surface area (TPSA) is 41.1 Å². The number of hydrogen-bond donors (Lipinski definition) is 2. The molecule has 0 atom stereocenters. The van der Waals surface area contributed by atoms with E-state index < -0.39 is 0 Å². The van der Waals surface area contributed by atoms with Crippen molar-refractivity contribution in [1.82, 2.24) is 5.32 Å². The number of amides is 2. The summed E-state index contributed by atoms with van der Waals surface area (Å²) >= 11 is 2.01. The third-order valence-electron chi connectivity index (χ3n) is 3.12. The molecule has 18 heavy (non-hydrogen) atoms. The predicted octanol–water partition coefficient (Wildman–Crippen LogP) is 3.88. The van der Waals surface area contributed by atoms with E-state index in [0.29, 0.717) is 9.26 Å². The molecule has 0 radical (unpaired) electrons. The molecular formula is C13H16FIN2O. The summed E-state index contributed by atoms with van der Waals surface area (Å²) in [7, 11) is 0. The fourth-order valence-electron chi connectivity index (χ4n) is 2.18. The van der Waals surface area contributed by atoms with Crippen molar-refractivity contribution in [3.05, 3.63) is 27.6 Å². The number of anilines is 1. The molecule has 0 heterocycles. The summed E-state index contributed by atoms with van der Waals surface area (Å²) in [6.07, 6.45) is 5.72. The molecule has 2 rings (SSSR count). The monoisotopic (exact) mass is 362 g/mol. The van der Waals surface area contributed by atoms with Crippen LogP contribution in [-0.4, -0.2) is 12.1 Å². The largest absolute Gasteiger partial charge is 0.335 e. The SMILES string of the molecule is O=C(Nc1ccc(F)cc1I)NC1CCCCC1. The third-order valence-corrected chi connectivity index (χ3v) is 4.01. The average Bonchev–Trinajstić information content (AvgIpc) is 2.34. The first-order chi connectivity index (χ1) is 8.65. The van der Waals surface area contributed by atoms with Crippen LogP contribution in [-0.2, 0) is 0 Å². The molecule has 0 bridgehead atoms. The minimum Gasteiger partial charge on any atom is -0.335 e. The number of rotatable bonds is 2. The number of urea groups is 1. The van der Waals surface area contributed by atoms with Crippen LogP contribution in [0.3, 0.4) is 0 Å². The Morgan fingerprint density at radius 2 is 2.00 bits per heavy atom. The number of carbonyl (C=O) groups is 1. The van der Waals surface area contributed by atoms with Crippen LogP contribution in [0.5, 0.6) is 0 Å². The summed E-state index contributed by atoms with van der Waals surface area (Å²) in [5.74, 6) is -0.294. The molecular weight excluding hydrogens is 346 g/mol. The maximum Gasteiger partial charge on any atom is 0.319 e. The van der Waals surface area contributed by atoms with E-state index in [2.05, 4.69) is 10.6 Å². The second-order valence-corrected chi connectivity index (χ2v) is 5.72. The second kappa shape index (κ2) is 6.36. The number of carbonyl (C=O) groups excluding carboxylic acids is 1. The standard InChI is InChI=1S/C13H16FIN2O/c14-9-6-7-12(11(15)8-9)17-13(18)16-10-4-2-1-3-5-10/h6-8,10H,1-5H2,(H2,16,17,18). The lowest BCUT2D eigenvalue weighted by Crippen LogP contribution is -2.39. The highest BCUT2D eigenvalue weighted by Gasteiger charge is 2.16. The van der Waals surface area contributed by atoms with Crippen molar-refractivity contribution in [2.45, 2.75) is 38.1 Å². The minimum absolute atomic E-state index is 0.202. The first kappa shape index (κ1) is 13.6. The lowest BCUT2D eigenvalue weighted by atomic mass is 9.96. The quantitative estimate of drug-likeness (QED) is 0.771. The summed E-state index contributed by atoms with van der Waals surface area (Å²) in [5, 5.41) is 5.72. The van der Waals surface area contributed by atoms with Crippen molar-refractivity contribution < 1.29 is 9.18 Å². The van der Waals surface area contributed by atoms with E-state index in [1.54, 1.807) is 6.07 Å². The molecule has 0 saturated heterocycles. The zero-order valence-corrected chi connectivity index (χ0v) is 12.2. The summed E-state index contributed by atoms with van der Waals surface area (Å²) in [4.78, 5) is 11.8. The van der Waals surface area contributed by atoms with Crippen LogP contribution in [0.4, 0.5) is 14.9 Å². The van der Waals surface area contributed by atoms with Crippen molar-refractivity contribution in [3.8, 4) is 0 Å². The number of benzene rings is 1. The van der Waals surface area contributed by atoms with Crippen LogP contribution in [0, 0.1) is 9.39 Å². The molecule has 98 valence electrons. The van der Waals surface area contributed by atoms with Crippen molar-refractivity contribution in [2.75, 3.05) is 5.32 Å². The molecule has 3 nitrogen and oxygen atoms in total. The van der Waals surface area contributed by atoms with E-state index in [1.807, 2.05) is 22.6 Å². The maximum atomic E-state index is 12.9. The maximum absolute atomic E-state index is 12.9. The first-order valence-corrected chi connectivity index (χ1v) is 7.25. The molecule has 1 saturated carbocycles. The Morgan fingerprint density at radius 3 is 2.67 bits per heavy atom. The Hall–Kier alpha value is -0.850. The van der Waals surface area contributed by atoms with Crippen molar-refractivity contribution >= 4 is 34.3 Å². The van der Waals surface area contributed by atoms with Gasteiger partial charge >= 0.3 is 6.03 Å². The molecule has 1 aliphatic rings. The van der Waals surface area contributed by atoms with E-state index in [0.717, 1.165) is 12.8 Å². The molecule has 1 aromatic carbocycles. The molecule has 1 aliphatic carbocycles. The Bertz CT molecular complexity index is 433. The van der Waals surface area contributed by atoms with Gasteiger partial charge in [0.15, 0.2) is 0 Å². The van der Waals surface area contributed by atoms with Gasteiger partial charge in [-0.25, -0.2) is 9.18 Å². The predicted molar refractivity (Wildman–Crippen MR) is 78.1 cm³/mol. The minimum atomic E-state index is -0.294. The Balaban J connectivity index is 1.90. The molecule has 0 aromatic heterocycles. The number of halogens is 2. The normalized spacial score (nSPS) is 16.3. The molecule has 2 amide bonds. The molecule has 2 N–H and O–H groups in total. The van der Waals surface area contributed by atoms with Crippen LogP contribution >= 0.6 is 22.6 Å². The number of nitrogens with one attached hydrogen (secondary N) is 2. The van der Waals surface area contributed by atoms with Gasteiger partial charge in [0.05, 0.1) is 5.69 Å². The zero-order valence-electron chi connectivity index (χ0n) is 10.0. The third kappa shape index (κ3) is 3.83. The van der Waals surface area contributed by atoms with E-state index in [-0.39, 0.29) is 17.9 Å². The lowest BCUT2D eigenvalue weighted by molar-refractivity contribution is 0.244. The summed E-state index contributed by atoms with van der Waals surface area (Å²) in [6, 6.07) is 4.40. The highest BCUT2D eigenvalue weighted by molar-refractivity contribution is 14.1. The molecule has 0 spiro atoms. The van der Waals surface area contributed by atoms with Gasteiger partial charge in [0.2, 0.25) is 0 Å². The van der Waals surface area contributed by atoms with E-state index in [1.165, 1.54) is 31.4 Å². The van der Waals surface area contributed by atoms with Crippen LogP contribution in [0.2, 0.25) is 0 Å². The van der Waals surface area contributed by atoms with Crippen LogP contribution in [0.15, 0.2) is 18.2 Å². The second-order valence-electron chi connectivity index (χ2n) is 4.56. The van der Waals surface area contributed by atoms with Gasteiger partial charge in [0.25, 0.3) is 0 Å². The van der Waals surface area contributed by atoms with E-state index >= 15 is 0 Å². The van der Waals surface area contributed by atoms with Gasteiger partial charge < -0.3 is 10.6 Å². The Morgan fingerprint density at radius 1 is 1.28 bits per heavy atom. The van der Waals surface area contributed by atoms with Gasteiger partial charge in [0.1, 0.15) is 5.82 Å². The van der Waals surface area contributed by atoms with Crippen molar-refractivity contribution in [2.24, 2.45) is 0 Å². The molecule has 1 aromatic rings. The van der Waals surface area contributed by atoms with Gasteiger partial charge in [-0.05, 0) is 53.6 Å². The molecule has 1 fully saturated rings. The summed E-state index contributed by atoms with van der Waals surface area (Å²) in [6.45, 7) is 0. The van der Waals surface area contributed by atoms with Gasteiger partial charge in [-0.3, -0.25) is 0 Å². The zero-order chi connectivity index (χ0) is 13.0. The Kier molecular flexibility index (Phi) is 4.79. The fourth-order valence-corrected chi connectivity index (χ4v) is 2.79. The summed E-state index contributed by atoms with van der Waals surface area (Å²) in [5.41, 5.74) is 0.644. The molecule has 0 unspecified atom stereocenters. The van der Waals surface area contributed by atoms with Crippen LogP contribution < -0.4 is 10.6 Å². The molecule has 5 heteroatoms. The molecule has 0 aliphatic heterocycles. The highest BCUT2D eigenvalue weighted by atomic mass is 127. The van der Waals surface area contributed by atoms with Crippen LogP contribution in [0.25, 0.3) is 0 Å². The van der Waals surface area contributed by atoms with Gasteiger partial charge in [0, 0.05) is 9.61 Å². The van der Waals surface area contributed by atoms with Crippen molar-refractivity contribution in [3.63, 3.8) is 0 Å². The van der Waals surface area contributed by atoms with Gasteiger partial charge in [-0.2, -0.15) is 0 Å². The fraction of sp³-hybridized carbons (Fsp3) is 0.462. The van der Waals surface area contributed by atoms with Crippen LogP contribution in [0.1, 0.15) is 32.1 Å². The van der Waals surface area contributed by atoms with E-state index in [9.17, 15) is 9.18 Å². The Labute approximate surface area is 120 Å². The highest BCUT2D eigenvalue weighted by Crippen LogP contribution is 2.20. The van der Waals surface area contributed by atoms with Gasteiger partial charge in [-0.1, -0.05) is 19.3 Å². The lowest BCUT2D eigenvalue weighted by Gasteiger charge is -2.23.